The number of likely N-dealkylation sites (tertiary alicyclic amines) is 1. The number of benzene rings is 1. The summed E-state index contributed by atoms with van der Waals surface area (Å²) in [5.41, 5.74) is 1.00. The van der Waals surface area contributed by atoms with E-state index < -0.39 is 6.61 Å². The summed E-state index contributed by atoms with van der Waals surface area (Å²) in [7, 11) is 0. The third kappa shape index (κ3) is 3.85. The summed E-state index contributed by atoms with van der Waals surface area (Å²) < 4.78 is 6.37. The average Bonchev–Trinajstić information content (AvgIpc) is 3.21. The molecule has 0 unspecified atom stereocenters. The van der Waals surface area contributed by atoms with Crippen molar-refractivity contribution in [3.63, 3.8) is 0 Å². The van der Waals surface area contributed by atoms with Crippen LogP contribution in [0.1, 0.15) is 60.9 Å². The van der Waals surface area contributed by atoms with E-state index in [-0.39, 0.29) is 17.2 Å². The molecule has 0 atom stereocenters. The molecule has 2 fully saturated rings. The second-order valence-electron chi connectivity index (χ2n) is 8.07. The molecule has 1 N–H and O–H groups in total. The molecule has 27 heavy (non-hydrogen) atoms. The molecule has 4 rings (SSSR count). The minimum absolute atomic E-state index is 0.120. The second-order valence-corrected chi connectivity index (χ2v) is 8.07. The topological polar surface area (TPSA) is 66.8 Å². The van der Waals surface area contributed by atoms with E-state index in [1.807, 2.05) is 12.1 Å². The zero-order valence-corrected chi connectivity index (χ0v) is 15.7. The van der Waals surface area contributed by atoms with Gasteiger partial charge in [-0.05, 0) is 36.6 Å². The predicted molar refractivity (Wildman–Crippen MR) is 103 cm³/mol. The number of carbonyl (C=O) groups is 2. The van der Waals surface area contributed by atoms with Crippen LogP contribution >= 0.6 is 0 Å². The molecule has 0 bridgehead atoms. The fourth-order valence-corrected chi connectivity index (χ4v) is 4.70. The molecule has 1 spiro atoms. The van der Waals surface area contributed by atoms with E-state index in [9.17, 15) is 9.59 Å². The van der Waals surface area contributed by atoms with Crippen LogP contribution in [0.25, 0.3) is 6.08 Å². The van der Waals surface area contributed by atoms with Crippen molar-refractivity contribution >= 4 is 17.6 Å². The first-order valence-corrected chi connectivity index (χ1v) is 10.0. The molecular formula is C22H27NO4. The molecule has 2 aliphatic heterocycles. The highest BCUT2D eigenvalue weighted by Gasteiger charge is 2.44. The molecule has 3 aliphatic rings. The Hall–Kier alpha value is -1.98. The summed E-state index contributed by atoms with van der Waals surface area (Å²) in [4.78, 5) is 26.6. The highest BCUT2D eigenvalue weighted by Crippen LogP contribution is 2.41. The lowest BCUT2D eigenvalue weighted by atomic mass is 9.81. The Morgan fingerprint density at radius 1 is 1.26 bits per heavy atom. The Labute approximate surface area is 160 Å². The summed E-state index contributed by atoms with van der Waals surface area (Å²) in [5, 5.41) is 8.80. The summed E-state index contributed by atoms with van der Waals surface area (Å²) in [5.74, 6) is 0.420. The normalized spacial score (nSPS) is 22.9. The fourth-order valence-electron chi connectivity index (χ4n) is 4.70. The zero-order chi connectivity index (χ0) is 18.9. The molecule has 5 heteroatoms. The minimum atomic E-state index is -0.510. The van der Waals surface area contributed by atoms with Crippen LogP contribution in [-0.2, 0) is 4.79 Å². The van der Waals surface area contributed by atoms with Crippen molar-refractivity contribution in [2.75, 3.05) is 19.7 Å². The van der Waals surface area contributed by atoms with Gasteiger partial charge in [-0.1, -0.05) is 25.0 Å². The van der Waals surface area contributed by atoms with Gasteiger partial charge in [0, 0.05) is 32.0 Å². The number of hydrogen-bond acceptors (Lipinski definition) is 5. The van der Waals surface area contributed by atoms with Crippen molar-refractivity contribution in [1.82, 2.24) is 4.90 Å². The number of ether oxygens (including phenoxy) is 1. The number of fused-ring (bicyclic) bond motifs is 1. The largest absolute Gasteiger partial charge is 0.486 e. The van der Waals surface area contributed by atoms with Crippen LogP contribution in [0.5, 0.6) is 5.75 Å². The van der Waals surface area contributed by atoms with E-state index in [2.05, 4.69) is 4.90 Å². The number of ketones is 2. The Morgan fingerprint density at radius 3 is 2.70 bits per heavy atom. The Kier molecular flexibility index (Phi) is 5.15. The van der Waals surface area contributed by atoms with Crippen molar-refractivity contribution in [3.8, 4) is 5.75 Å². The van der Waals surface area contributed by atoms with Crippen molar-refractivity contribution in [3.05, 3.63) is 35.4 Å². The van der Waals surface area contributed by atoms with Crippen LogP contribution in [0.3, 0.4) is 0 Å². The summed E-state index contributed by atoms with van der Waals surface area (Å²) >= 11 is 0. The molecule has 1 aliphatic carbocycles. The van der Waals surface area contributed by atoms with Gasteiger partial charge in [0.15, 0.2) is 11.6 Å². The van der Waals surface area contributed by atoms with Crippen molar-refractivity contribution in [1.29, 1.82) is 0 Å². The number of aliphatic hydroxyl groups is 1. The second kappa shape index (κ2) is 7.56. The maximum atomic E-state index is 12.8. The highest BCUT2D eigenvalue weighted by atomic mass is 16.5. The number of piperidine rings is 1. The monoisotopic (exact) mass is 369 g/mol. The summed E-state index contributed by atoms with van der Waals surface area (Å²) in [6, 6.07) is 6.18. The molecule has 1 saturated carbocycles. The first-order valence-electron chi connectivity index (χ1n) is 10.0. The molecule has 1 aromatic carbocycles. The van der Waals surface area contributed by atoms with Gasteiger partial charge in [-0.3, -0.25) is 9.59 Å². The predicted octanol–water partition coefficient (Wildman–Crippen LogP) is 3.00. The standard InChI is InChI=1S/C22H27NO4/c24-15-18(25)7-5-16-6-8-21-19(13-16)20(26)14-22(27-21)9-11-23(12-10-22)17-3-1-2-4-17/h5-8,13,17,24H,1-4,9-12,14-15H2/b7-5+. The van der Waals surface area contributed by atoms with Gasteiger partial charge in [0.05, 0.1) is 12.0 Å². The van der Waals surface area contributed by atoms with Gasteiger partial charge >= 0.3 is 0 Å². The SMILES string of the molecule is O=C(/C=C/c1ccc2c(c1)C(=O)CC1(CCN(C3CCCC3)CC1)O2)CO. The van der Waals surface area contributed by atoms with E-state index in [4.69, 9.17) is 9.84 Å². The van der Waals surface area contributed by atoms with Crippen LogP contribution in [0.15, 0.2) is 24.3 Å². The lowest BCUT2D eigenvalue weighted by Crippen LogP contribution is -2.52. The maximum absolute atomic E-state index is 12.8. The van der Waals surface area contributed by atoms with Crippen molar-refractivity contribution in [2.45, 2.75) is 56.6 Å². The van der Waals surface area contributed by atoms with Crippen LogP contribution in [-0.4, -0.2) is 52.9 Å². The minimum Gasteiger partial charge on any atom is -0.486 e. The van der Waals surface area contributed by atoms with Gasteiger partial charge < -0.3 is 14.7 Å². The molecule has 2 heterocycles. The zero-order valence-electron chi connectivity index (χ0n) is 15.7. The van der Waals surface area contributed by atoms with E-state index >= 15 is 0 Å². The van der Waals surface area contributed by atoms with Crippen LogP contribution < -0.4 is 4.74 Å². The van der Waals surface area contributed by atoms with Crippen LogP contribution in [0.4, 0.5) is 0 Å². The van der Waals surface area contributed by atoms with E-state index in [1.54, 1.807) is 12.1 Å². The maximum Gasteiger partial charge on any atom is 0.181 e. The number of carbonyl (C=O) groups excluding carboxylic acids is 2. The first-order chi connectivity index (χ1) is 13.1. The van der Waals surface area contributed by atoms with E-state index in [0.717, 1.165) is 37.5 Å². The molecule has 5 nitrogen and oxygen atoms in total. The van der Waals surface area contributed by atoms with Crippen molar-refractivity contribution in [2.24, 2.45) is 0 Å². The number of hydrogen-bond donors (Lipinski definition) is 1. The van der Waals surface area contributed by atoms with Crippen molar-refractivity contribution < 1.29 is 19.4 Å². The van der Waals surface area contributed by atoms with Gasteiger partial charge in [-0.2, -0.15) is 0 Å². The molecule has 0 aromatic heterocycles. The van der Waals surface area contributed by atoms with E-state index in [1.165, 1.54) is 31.8 Å². The molecule has 0 radical (unpaired) electrons. The smallest absolute Gasteiger partial charge is 0.181 e. The molecular weight excluding hydrogens is 342 g/mol. The highest BCUT2D eigenvalue weighted by molar-refractivity contribution is 6.01. The summed E-state index contributed by atoms with van der Waals surface area (Å²) in [6.07, 6.45) is 10.5. The number of Topliss-reactive ketones (excluding diaryl/α,β-unsaturated/α-hetero) is 1. The lowest BCUT2D eigenvalue weighted by molar-refractivity contribution is -0.117. The number of aliphatic hydroxyl groups excluding tert-OH is 1. The molecule has 1 saturated heterocycles. The van der Waals surface area contributed by atoms with Crippen LogP contribution in [0, 0.1) is 0 Å². The van der Waals surface area contributed by atoms with Gasteiger partial charge in [0.1, 0.15) is 18.0 Å². The van der Waals surface area contributed by atoms with Crippen LogP contribution in [0.2, 0.25) is 0 Å². The summed E-state index contributed by atoms with van der Waals surface area (Å²) in [6.45, 7) is 1.51. The van der Waals surface area contributed by atoms with Gasteiger partial charge in [0.2, 0.25) is 0 Å². The molecule has 1 aromatic rings. The Balaban J connectivity index is 1.46. The van der Waals surface area contributed by atoms with Gasteiger partial charge in [0.25, 0.3) is 0 Å². The van der Waals surface area contributed by atoms with Gasteiger partial charge in [-0.15, -0.1) is 0 Å². The van der Waals surface area contributed by atoms with E-state index in [0.29, 0.717) is 17.7 Å². The fraction of sp³-hybridized carbons (Fsp3) is 0.545. The Bertz CT molecular complexity index is 756. The lowest BCUT2D eigenvalue weighted by Gasteiger charge is -2.45. The average molecular weight is 369 g/mol. The third-order valence-electron chi connectivity index (χ3n) is 6.28. The third-order valence-corrected chi connectivity index (χ3v) is 6.28. The number of rotatable bonds is 4. The Morgan fingerprint density at radius 2 is 2.00 bits per heavy atom. The molecule has 144 valence electrons. The van der Waals surface area contributed by atoms with Gasteiger partial charge in [-0.25, -0.2) is 0 Å². The first kappa shape index (κ1) is 18.4. The molecule has 0 amide bonds. The number of nitrogens with zero attached hydrogens (tertiary/aromatic N) is 1. The quantitative estimate of drug-likeness (QED) is 0.827.